The smallest absolute Gasteiger partial charge is 0.287 e. The van der Waals surface area contributed by atoms with Crippen molar-refractivity contribution in [3.05, 3.63) is 130 Å². The predicted molar refractivity (Wildman–Crippen MR) is 129 cm³/mol. The minimum Gasteiger partial charge on any atom is -0.378 e. The number of aromatic amines is 1. The second-order valence-electron chi connectivity index (χ2n) is 7.53. The van der Waals surface area contributed by atoms with Gasteiger partial charge in [-0.2, -0.15) is 5.16 Å². The van der Waals surface area contributed by atoms with E-state index in [9.17, 15) is 4.79 Å². The first kappa shape index (κ1) is 19.6. The summed E-state index contributed by atoms with van der Waals surface area (Å²) in [6.45, 7) is 0. The van der Waals surface area contributed by atoms with E-state index in [1.165, 1.54) is 22.3 Å². The number of fused-ring (bicyclic) bond motifs is 1. The number of para-hydroxylation sites is 1. The maximum absolute atomic E-state index is 12.2. The number of benzene rings is 4. The van der Waals surface area contributed by atoms with Crippen molar-refractivity contribution in [3.8, 4) is 11.1 Å². The number of H-pyrrole nitrogens is 1. The first-order valence-electron chi connectivity index (χ1n) is 10.2. The van der Waals surface area contributed by atoms with Gasteiger partial charge in [-0.15, -0.1) is 0 Å². The number of rotatable bonds is 5. The van der Waals surface area contributed by atoms with Crippen molar-refractivity contribution >= 4 is 26.9 Å². The summed E-state index contributed by atoms with van der Waals surface area (Å²) in [4.78, 5) is 12.2. The Morgan fingerprint density at radius 3 is 2.10 bits per heavy atom. The fourth-order valence-corrected chi connectivity index (χ4v) is 4.56. The molecule has 5 aromatic rings. The summed E-state index contributed by atoms with van der Waals surface area (Å²) in [5.74, 6) is 0.0392. The van der Waals surface area contributed by atoms with Crippen LogP contribution in [0.25, 0.3) is 22.1 Å². The van der Waals surface area contributed by atoms with Crippen LogP contribution in [0.4, 0.5) is 0 Å². The number of hydrogen-bond donors (Lipinski definition) is 1. The molecular weight excluding hydrogens is 450 g/mol. The summed E-state index contributed by atoms with van der Waals surface area (Å²) in [7, 11) is 0. The molecule has 4 heteroatoms. The molecule has 0 spiro atoms. The van der Waals surface area contributed by atoms with Crippen molar-refractivity contribution in [1.82, 2.24) is 5.16 Å². The summed E-state index contributed by atoms with van der Waals surface area (Å²) < 4.78 is 5.59. The zero-order valence-electron chi connectivity index (χ0n) is 16.7. The second kappa shape index (κ2) is 8.40. The van der Waals surface area contributed by atoms with Crippen molar-refractivity contribution in [3.63, 3.8) is 0 Å². The molecule has 0 radical (unpaired) electrons. The number of halogens is 1. The molecule has 1 aromatic heterocycles. The Labute approximate surface area is 188 Å². The van der Waals surface area contributed by atoms with E-state index in [-0.39, 0.29) is 11.5 Å². The van der Waals surface area contributed by atoms with Crippen LogP contribution in [-0.2, 0) is 5.33 Å². The third-order valence-electron chi connectivity index (χ3n) is 5.64. The average molecular weight is 470 g/mol. The monoisotopic (exact) mass is 469 g/mol. The van der Waals surface area contributed by atoms with Gasteiger partial charge in [0.2, 0.25) is 0 Å². The first-order valence-corrected chi connectivity index (χ1v) is 11.3. The van der Waals surface area contributed by atoms with E-state index in [0.29, 0.717) is 11.0 Å². The Balaban J connectivity index is 1.82. The van der Waals surface area contributed by atoms with Gasteiger partial charge in [0.25, 0.3) is 5.56 Å². The van der Waals surface area contributed by atoms with Gasteiger partial charge in [0.15, 0.2) is 5.58 Å². The topological polar surface area (TPSA) is 46.0 Å². The van der Waals surface area contributed by atoms with E-state index in [1.807, 2.05) is 24.3 Å². The minimum atomic E-state index is -0.210. The molecule has 1 N–H and O–H groups in total. The normalized spacial score (nSPS) is 11.3. The summed E-state index contributed by atoms with van der Waals surface area (Å²) in [6, 6.07) is 33.2. The Hall–Kier alpha value is -3.37. The van der Waals surface area contributed by atoms with Gasteiger partial charge in [-0.05, 0) is 33.9 Å². The summed E-state index contributed by atoms with van der Waals surface area (Å²) >= 11 is 3.61. The standard InChI is InChI=1S/C27H20BrNO2/c28-17-18-14-15-21(22-12-7-13-23-26(22)31-29-27(23)30)24(16-18)25(19-8-3-1-4-9-19)20-10-5-2-6-11-20/h1-16,25H,17H2,(H,29,30). The van der Waals surface area contributed by atoms with Gasteiger partial charge in [0.05, 0.1) is 5.39 Å². The molecular formula is C27H20BrNO2. The molecule has 0 amide bonds. The van der Waals surface area contributed by atoms with E-state index in [0.717, 1.165) is 16.5 Å². The lowest BCUT2D eigenvalue weighted by Crippen LogP contribution is -2.06. The van der Waals surface area contributed by atoms with Crippen molar-refractivity contribution in [1.29, 1.82) is 0 Å². The molecule has 0 saturated carbocycles. The van der Waals surface area contributed by atoms with E-state index < -0.39 is 0 Å². The summed E-state index contributed by atoms with van der Waals surface area (Å²) in [6.07, 6.45) is 0. The number of hydrogen-bond acceptors (Lipinski definition) is 2. The molecule has 0 fully saturated rings. The van der Waals surface area contributed by atoms with Gasteiger partial charge in [-0.3, -0.25) is 4.79 Å². The van der Waals surface area contributed by atoms with Gasteiger partial charge in [0.1, 0.15) is 0 Å². The average Bonchev–Trinajstić information content (AvgIpc) is 3.22. The highest BCUT2D eigenvalue weighted by Crippen LogP contribution is 2.40. The van der Waals surface area contributed by atoms with Crippen LogP contribution >= 0.6 is 15.9 Å². The predicted octanol–water partition coefficient (Wildman–Crippen LogP) is 6.86. The minimum absolute atomic E-state index is 0.0392. The maximum atomic E-state index is 12.2. The highest BCUT2D eigenvalue weighted by Gasteiger charge is 2.22. The molecule has 0 unspecified atom stereocenters. The van der Waals surface area contributed by atoms with Crippen LogP contribution in [0.15, 0.2) is 106 Å². The molecule has 0 aliphatic heterocycles. The Kier molecular flexibility index (Phi) is 5.31. The van der Waals surface area contributed by atoms with Gasteiger partial charge in [-0.25, -0.2) is 0 Å². The van der Waals surface area contributed by atoms with E-state index >= 15 is 0 Å². The Bertz CT molecular complexity index is 1350. The third kappa shape index (κ3) is 3.64. The van der Waals surface area contributed by atoms with Crippen LogP contribution < -0.4 is 5.56 Å². The van der Waals surface area contributed by atoms with Crippen LogP contribution in [0.1, 0.15) is 28.2 Å². The number of aromatic nitrogens is 1. The van der Waals surface area contributed by atoms with Crippen molar-refractivity contribution in [2.45, 2.75) is 11.2 Å². The van der Waals surface area contributed by atoms with Crippen molar-refractivity contribution in [2.24, 2.45) is 0 Å². The molecule has 0 aliphatic carbocycles. The molecule has 0 bridgehead atoms. The van der Waals surface area contributed by atoms with Crippen molar-refractivity contribution < 1.29 is 4.52 Å². The van der Waals surface area contributed by atoms with Crippen LogP contribution in [0, 0.1) is 0 Å². The first-order chi connectivity index (χ1) is 15.3. The quantitative estimate of drug-likeness (QED) is 0.225. The van der Waals surface area contributed by atoms with Crippen LogP contribution in [0.2, 0.25) is 0 Å². The fourth-order valence-electron chi connectivity index (χ4n) is 4.21. The van der Waals surface area contributed by atoms with Gasteiger partial charge in [-0.1, -0.05) is 107 Å². The fraction of sp³-hybridized carbons (Fsp3) is 0.0741. The Morgan fingerprint density at radius 2 is 1.45 bits per heavy atom. The second-order valence-corrected chi connectivity index (χ2v) is 8.09. The number of nitrogens with one attached hydrogen (secondary N) is 1. The lowest BCUT2D eigenvalue weighted by atomic mass is 9.80. The van der Waals surface area contributed by atoms with Gasteiger partial charge >= 0.3 is 0 Å². The number of alkyl halides is 1. The van der Waals surface area contributed by atoms with E-state index in [4.69, 9.17) is 4.52 Å². The van der Waals surface area contributed by atoms with Gasteiger partial charge in [0, 0.05) is 16.8 Å². The molecule has 0 aliphatic rings. The maximum Gasteiger partial charge on any atom is 0.287 e. The molecule has 1 heterocycles. The Morgan fingerprint density at radius 1 is 0.774 bits per heavy atom. The molecule has 152 valence electrons. The van der Waals surface area contributed by atoms with Crippen LogP contribution in [-0.4, -0.2) is 5.16 Å². The van der Waals surface area contributed by atoms with Crippen LogP contribution in [0.5, 0.6) is 0 Å². The molecule has 3 nitrogen and oxygen atoms in total. The summed E-state index contributed by atoms with van der Waals surface area (Å²) in [5.41, 5.74) is 7.12. The van der Waals surface area contributed by atoms with Crippen molar-refractivity contribution in [2.75, 3.05) is 0 Å². The highest BCUT2D eigenvalue weighted by molar-refractivity contribution is 9.08. The zero-order chi connectivity index (χ0) is 21.2. The molecule has 4 aromatic carbocycles. The van der Waals surface area contributed by atoms with Gasteiger partial charge < -0.3 is 4.52 Å². The third-order valence-corrected chi connectivity index (χ3v) is 6.29. The van der Waals surface area contributed by atoms with E-state index in [2.05, 4.69) is 87.8 Å². The SMILES string of the molecule is O=c1[nH]oc2c(-c3ccc(CBr)cc3C(c3ccccc3)c3ccccc3)cccc12. The highest BCUT2D eigenvalue weighted by atomic mass is 79.9. The lowest BCUT2D eigenvalue weighted by Gasteiger charge is -2.23. The summed E-state index contributed by atoms with van der Waals surface area (Å²) in [5, 5.41) is 3.81. The molecule has 31 heavy (non-hydrogen) atoms. The lowest BCUT2D eigenvalue weighted by molar-refractivity contribution is 0.449. The zero-order valence-corrected chi connectivity index (χ0v) is 18.3. The van der Waals surface area contributed by atoms with E-state index in [1.54, 1.807) is 6.07 Å². The molecule has 0 saturated heterocycles. The molecule has 0 atom stereocenters. The van der Waals surface area contributed by atoms with Crippen LogP contribution in [0.3, 0.4) is 0 Å². The molecule has 5 rings (SSSR count). The largest absolute Gasteiger partial charge is 0.378 e.